The number of hydrogen-bond acceptors (Lipinski definition) is 1. The highest BCUT2D eigenvalue weighted by Crippen LogP contribution is 2.32. The number of hydrogen-bond donors (Lipinski definition) is 0. The van der Waals surface area contributed by atoms with Crippen LogP contribution in [-0.4, -0.2) is 20.3 Å². The molecular formula is C13H27ClOSi. The average molecular weight is 263 g/mol. The molecule has 1 aliphatic rings. The van der Waals surface area contributed by atoms with Crippen LogP contribution < -0.4 is 0 Å². The Kier molecular flexibility index (Phi) is 5.82. The maximum absolute atomic E-state index is 6.40. The zero-order chi connectivity index (χ0) is 12.2. The highest BCUT2D eigenvalue weighted by molar-refractivity contribution is 6.71. The second-order valence-corrected chi connectivity index (χ2v) is 10.8. The standard InChI is InChI=1S/C13H27ClOSi/c1-11-8-12(2)10-13(9-11)15-16(3,4)7-5-6-14/h11-13H,5-10H2,1-4H3. The van der Waals surface area contributed by atoms with Gasteiger partial charge in [-0.15, -0.1) is 11.6 Å². The fraction of sp³-hybridized carbons (Fsp3) is 1.00. The van der Waals surface area contributed by atoms with Crippen LogP contribution in [0.4, 0.5) is 0 Å². The van der Waals surface area contributed by atoms with E-state index in [2.05, 4.69) is 26.9 Å². The lowest BCUT2D eigenvalue weighted by molar-refractivity contribution is 0.0936. The summed E-state index contributed by atoms with van der Waals surface area (Å²) in [5.41, 5.74) is 0. The third-order valence-electron chi connectivity index (χ3n) is 3.53. The minimum absolute atomic E-state index is 0.524. The first-order valence-corrected chi connectivity index (χ1v) is 10.3. The molecule has 0 bridgehead atoms. The van der Waals surface area contributed by atoms with Crippen molar-refractivity contribution in [2.45, 2.75) is 64.8 Å². The van der Waals surface area contributed by atoms with Crippen LogP contribution in [0.25, 0.3) is 0 Å². The second kappa shape index (κ2) is 6.41. The molecule has 0 aromatic carbocycles. The molecule has 2 atom stereocenters. The lowest BCUT2D eigenvalue weighted by Gasteiger charge is -2.36. The summed E-state index contributed by atoms with van der Waals surface area (Å²) in [6.45, 7) is 9.39. The fourth-order valence-corrected chi connectivity index (χ4v) is 5.57. The summed E-state index contributed by atoms with van der Waals surface area (Å²) in [6.07, 6.45) is 5.54. The number of alkyl halides is 1. The van der Waals surface area contributed by atoms with Crippen molar-refractivity contribution in [3.05, 3.63) is 0 Å². The van der Waals surface area contributed by atoms with Crippen LogP contribution in [0.2, 0.25) is 19.1 Å². The first-order valence-electron chi connectivity index (χ1n) is 6.66. The molecular weight excluding hydrogens is 236 g/mol. The Hall–Kier alpha value is 0.467. The molecule has 2 unspecified atom stereocenters. The first kappa shape index (κ1) is 14.5. The minimum Gasteiger partial charge on any atom is -0.414 e. The molecule has 0 aromatic rings. The molecule has 1 rings (SSSR count). The molecule has 0 spiro atoms. The first-order chi connectivity index (χ1) is 7.43. The summed E-state index contributed by atoms with van der Waals surface area (Å²) >= 11 is 5.76. The van der Waals surface area contributed by atoms with Crippen LogP contribution in [-0.2, 0) is 4.43 Å². The van der Waals surface area contributed by atoms with Crippen LogP contribution in [0.3, 0.4) is 0 Å². The van der Waals surface area contributed by atoms with Gasteiger partial charge in [0.1, 0.15) is 0 Å². The molecule has 0 aromatic heterocycles. The summed E-state index contributed by atoms with van der Waals surface area (Å²) in [5, 5.41) is 0. The van der Waals surface area contributed by atoms with E-state index in [1.807, 2.05) is 0 Å². The summed E-state index contributed by atoms with van der Waals surface area (Å²) in [4.78, 5) is 0. The van der Waals surface area contributed by atoms with Gasteiger partial charge in [-0.25, -0.2) is 0 Å². The van der Waals surface area contributed by atoms with Crippen molar-refractivity contribution in [3.8, 4) is 0 Å². The molecule has 96 valence electrons. The predicted molar refractivity (Wildman–Crippen MR) is 74.7 cm³/mol. The Labute approximate surface area is 107 Å². The lowest BCUT2D eigenvalue weighted by atomic mass is 9.82. The van der Waals surface area contributed by atoms with Crippen molar-refractivity contribution in [1.29, 1.82) is 0 Å². The molecule has 0 aliphatic heterocycles. The molecule has 0 N–H and O–H groups in total. The monoisotopic (exact) mass is 262 g/mol. The highest BCUT2D eigenvalue weighted by Gasteiger charge is 2.30. The maximum atomic E-state index is 6.40. The fourth-order valence-electron chi connectivity index (χ4n) is 2.97. The van der Waals surface area contributed by atoms with Gasteiger partial charge in [0.2, 0.25) is 0 Å². The smallest absolute Gasteiger partial charge is 0.187 e. The van der Waals surface area contributed by atoms with E-state index < -0.39 is 8.32 Å². The van der Waals surface area contributed by atoms with Gasteiger partial charge in [-0.2, -0.15) is 0 Å². The van der Waals surface area contributed by atoms with Crippen molar-refractivity contribution in [2.75, 3.05) is 5.88 Å². The molecule has 0 amide bonds. The van der Waals surface area contributed by atoms with E-state index in [1.165, 1.54) is 25.3 Å². The van der Waals surface area contributed by atoms with E-state index in [-0.39, 0.29) is 0 Å². The summed E-state index contributed by atoms with van der Waals surface area (Å²) < 4.78 is 6.40. The third-order valence-corrected chi connectivity index (χ3v) is 6.33. The van der Waals surface area contributed by atoms with Crippen LogP contribution in [0.1, 0.15) is 39.5 Å². The van der Waals surface area contributed by atoms with E-state index >= 15 is 0 Å². The topological polar surface area (TPSA) is 9.23 Å². The number of halogens is 1. The van der Waals surface area contributed by atoms with Gasteiger partial charge in [0.05, 0.1) is 0 Å². The SMILES string of the molecule is CC1CC(C)CC(O[Si](C)(C)CCCCl)C1. The average Bonchev–Trinajstić information content (AvgIpc) is 2.12. The van der Waals surface area contributed by atoms with E-state index in [0.29, 0.717) is 6.10 Å². The summed E-state index contributed by atoms with van der Waals surface area (Å²) in [6, 6.07) is 1.20. The van der Waals surface area contributed by atoms with Crippen molar-refractivity contribution in [3.63, 3.8) is 0 Å². The normalized spacial score (nSPS) is 31.7. The Bertz CT molecular complexity index is 198. The van der Waals surface area contributed by atoms with E-state index in [0.717, 1.165) is 24.1 Å². The van der Waals surface area contributed by atoms with Crippen molar-refractivity contribution < 1.29 is 4.43 Å². The van der Waals surface area contributed by atoms with Crippen LogP contribution in [0.15, 0.2) is 0 Å². The van der Waals surface area contributed by atoms with Gasteiger partial charge in [0, 0.05) is 12.0 Å². The highest BCUT2D eigenvalue weighted by atomic mass is 35.5. The van der Waals surface area contributed by atoms with Gasteiger partial charge >= 0.3 is 0 Å². The van der Waals surface area contributed by atoms with Gasteiger partial charge in [-0.3, -0.25) is 0 Å². The Morgan fingerprint density at radius 2 is 1.69 bits per heavy atom. The second-order valence-electron chi connectivity index (χ2n) is 6.21. The Morgan fingerprint density at radius 3 is 2.19 bits per heavy atom. The van der Waals surface area contributed by atoms with Gasteiger partial charge < -0.3 is 4.43 Å². The Balaban J connectivity index is 2.39. The van der Waals surface area contributed by atoms with E-state index in [4.69, 9.17) is 16.0 Å². The van der Waals surface area contributed by atoms with Crippen molar-refractivity contribution >= 4 is 19.9 Å². The molecule has 3 heteroatoms. The maximum Gasteiger partial charge on any atom is 0.187 e. The van der Waals surface area contributed by atoms with E-state index in [1.54, 1.807) is 0 Å². The van der Waals surface area contributed by atoms with Gasteiger partial charge in [0.15, 0.2) is 8.32 Å². The van der Waals surface area contributed by atoms with Crippen LogP contribution >= 0.6 is 11.6 Å². The van der Waals surface area contributed by atoms with Crippen LogP contribution in [0, 0.1) is 11.8 Å². The molecule has 16 heavy (non-hydrogen) atoms. The summed E-state index contributed by atoms with van der Waals surface area (Å²) in [5.74, 6) is 2.45. The van der Waals surface area contributed by atoms with Crippen molar-refractivity contribution in [1.82, 2.24) is 0 Å². The molecule has 0 heterocycles. The zero-order valence-corrected chi connectivity index (χ0v) is 13.0. The number of rotatable bonds is 5. The molecule has 0 saturated heterocycles. The largest absolute Gasteiger partial charge is 0.414 e. The van der Waals surface area contributed by atoms with Crippen molar-refractivity contribution in [2.24, 2.45) is 11.8 Å². The predicted octanol–water partition coefficient (Wildman–Crippen LogP) is 4.66. The molecule has 1 fully saturated rings. The third kappa shape index (κ3) is 5.20. The molecule has 0 radical (unpaired) electrons. The van der Waals surface area contributed by atoms with Gasteiger partial charge in [-0.05, 0) is 56.7 Å². The summed E-state index contributed by atoms with van der Waals surface area (Å²) in [7, 11) is -1.46. The molecule has 1 nitrogen and oxygen atoms in total. The lowest BCUT2D eigenvalue weighted by Crippen LogP contribution is -2.38. The van der Waals surface area contributed by atoms with Gasteiger partial charge in [0.25, 0.3) is 0 Å². The molecule has 1 aliphatic carbocycles. The zero-order valence-electron chi connectivity index (χ0n) is 11.3. The Morgan fingerprint density at radius 1 is 1.12 bits per heavy atom. The van der Waals surface area contributed by atoms with E-state index in [9.17, 15) is 0 Å². The quantitative estimate of drug-likeness (QED) is 0.517. The molecule has 1 saturated carbocycles. The van der Waals surface area contributed by atoms with Crippen LogP contribution in [0.5, 0.6) is 0 Å². The minimum atomic E-state index is -1.46. The van der Waals surface area contributed by atoms with Gasteiger partial charge in [-0.1, -0.05) is 13.8 Å².